The highest BCUT2D eigenvalue weighted by Gasteiger charge is 2.32. The minimum Gasteiger partial charge on any atom is -0.337 e. The van der Waals surface area contributed by atoms with Gasteiger partial charge in [0, 0.05) is 19.3 Å². The predicted octanol–water partition coefficient (Wildman–Crippen LogP) is 1.18. The second kappa shape index (κ2) is 3.97. The van der Waals surface area contributed by atoms with Crippen molar-refractivity contribution in [2.75, 3.05) is 13.1 Å². The van der Waals surface area contributed by atoms with Gasteiger partial charge in [0.15, 0.2) is 0 Å². The number of carbonyl (C=O) groups is 1. The molecule has 1 N–H and O–H groups in total. The largest absolute Gasteiger partial charge is 0.337 e. The highest BCUT2D eigenvalue weighted by Crippen LogP contribution is 2.30. The Morgan fingerprint density at radius 1 is 1.62 bits per heavy atom. The molecule has 1 aliphatic heterocycles. The van der Waals surface area contributed by atoms with Crippen LogP contribution in [0.3, 0.4) is 0 Å². The maximum Gasteiger partial charge on any atom is 0.271 e. The molecule has 0 bridgehead atoms. The molecule has 0 unspecified atom stereocenters. The first kappa shape index (κ1) is 10.7. The Labute approximate surface area is 94.1 Å². The number of H-pyrrole nitrogens is 1. The van der Waals surface area contributed by atoms with Crippen LogP contribution in [-0.2, 0) is 0 Å². The van der Waals surface area contributed by atoms with Crippen LogP contribution in [0.2, 0.25) is 0 Å². The van der Waals surface area contributed by atoms with Crippen molar-refractivity contribution in [3.05, 3.63) is 18.0 Å². The van der Waals surface area contributed by atoms with Gasteiger partial charge in [0.25, 0.3) is 5.91 Å². The lowest BCUT2D eigenvalue weighted by atomic mass is 9.82. The normalized spacial score (nSPS) is 19.1. The summed E-state index contributed by atoms with van der Waals surface area (Å²) < 4.78 is 0. The van der Waals surface area contributed by atoms with Crippen molar-refractivity contribution >= 4 is 5.91 Å². The van der Waals surface area contributed by atoms with Crippen molar-refractivity contribution in [3.63, 3.8) is 0 Å². The lowest BCUT2D eigenvalue weighted by Gasteiger charge is -2.34. The van der Waals surface area contributed by atoms with Crippen LogP contribution in [-0.4, -0.2) is 34.1 Å². The molecule has 1 aromatic heterocycles. The van der Waals surface area contributed by atoms with Gasteiger partial charge in [0.05, 0.1) is 11.5 Å². The van der Waals surface area contributed by atoms with Gasteiger partial charge in [-0.1, -0.05) is 0 Å². The fourth-order valence-electron chi connectivity index (χ4n) is 1.86. The summed E-state index contributed by atoms with van der Waals surface area (Å²) in [5, 5.41) is 15.4. The van der Waals surface area contributed by atoms with Crippen LogP contribution >= 0.6 is 0 Å². The summed E-state index contributed by atoms with van der Waals surface area (Å²) in [7, 11) is 0. The number of likely N-dealkylation sites (tertiary alicyclic amines) is 1. The first-order valence-corrected chi connectivity index (χ1v) is 5.34. The van der Waals surface area contributed by atoms with Gasteiger partial charge in [-0.3, -0.25) is 9.89 Å². The number of nitrogens with zero attached hydrogens (tertiary/aromatic N) is 3. The molecule has 1 amide bonds. The molecule has 5 nitrogen and oxygen atoms in total. The fourth-order valence-corrected chi connectivity index (χ4v) is 1.86. The number of hydrogen-bond acceptors (Lipinski definition) is 3. The smallest absolute Gasteiger partial charge is 0.271 e. The van der Waals surface area contributed by atoms with Gasteiger partial charge in [-0.2, -0.15) is 10.4 Å². The SMILES string of the molecule is CC1(C#N)CCN(C(=O)c2ccn[nH]2)CC1. The van der Waals surface area contributed by atoms with E-state index in [1.165, 1.54) is 0 Å². The number of hydrogen-bond donors (Lipinski definition) is 1. The van der Waals surface area contributed by atoms with E-state index in [1.807, 2.05) is 6.92 Å². The highest BCUT2D eigenvalue weighted by molar-refractivity contribution is 5.92. The minimum atomic E-state index is -0.273. The second-order valence-corrected chi connectivity index (χ2v) is 4.43. The van der Waals surface area contributed by atoms with E-state index in [0.29, 0.717) is 18.8 Å². The molecule has 5 heteroatoms. The van der Waals surface area contributed by atoms with Gasteiger partial charge in [0.2, 0.25) is 0 Å². The summed E-state index contributed by atoms with van der Waals surface area (Å²) in [6, 6.07) is 3.98. The van der Waals surface area contributed by atoms with Crippen molar-refractivity contribution < 1.29 is 4.79 Å². The van der Waals surface area contributed by atoms with Crippen LogP contribution in [0.1, 0.15) is 30.3 Å². The van der Waals surface area contributed by atoms with E-state index in [2.05, 4.69) is 16.3 Å². The molecule has 1 fully saturated rings. The molecule has 1 saturated heterocycles. The Hall–Kier alpha value is -1.83. The van der Waals surface area contributed by atoms with Gasteiger partial charge in [0.1, 0.15) is 5.69 Å². The number of nitrogens with one attached hydrogen (secondary N) is 1. The Bertz CT molecular complexity index is 410. The van der Waals surface area contributed by atoms with Crippen molar-refractivity contribution in [1.82, 2.24) is 15.1 Å². The topological polar surface area (TPSA) is 72.8 Å². The maximum absolute atomic E-state index is 11.9. The Morgan fingerprint density at radius 2 is 2.31 bits per heavy atom. The second-order valence-electron chi connectivity index (χ2n) is 4.43. The van der Waals surface area contributed by atoms with Crippen LogP contribution in [0, 0.1) is 16.7 Å². The van der Waals surface area contributed by atoms with E-state index < -0.39 is 0 Å². The zero-order valence-corrected chi connectivity index (χ0v) is 9.23. The summed E-state index contributed by atoms with van der Waals surface area (Å²) in [6.45, 7) is 3.23. The number of nitriles is 1. The molecule has 0 atom stereocenters. The third kappa shape index (κ3) is 1.91. The number of amides is 1. The fraction of sp³-hybridized carbons (Fsp3) is 0.545. The van der Waals surface area contributed by atoms with E-state index in [0.717, 1.165) is 12.8 Å². The van der Waals surface area contributed by atoms with Gasteiger partial charge >= 0.3 is 0 Å². The summed E-state index contributed by atoms with van der Waals surface area (Å²) in [5.74, 6) is -0.0301. The van der Waals surface area contributed by atoms with Gasteiger partial charge in [-0.25, -0.2) is 0 Å². The molecule has 84 valence electrons. The molecule has 2 rings (SSSR count). The Kier molecular flexibility index (Phi) is 2.65. The molecule has 0 radical (unpaired) electrons. The molecular weight excluding hydrogens is 204 g/mol. The van der Waals surface area contributed by atoms with E-state index >= 15 is 0 Å². The molecular formula is C11H14N4O. The third-order valence-corrected chi connectivity index (χ3v) is 3.16. The van der Waals surface area contributed by atoms with Crippen molar-refractivity contribution in [1.29, 1.82) is 5.26 Å². The van der Waals surface area contributed by atoms with Crippen LogP contribution in [0.15, 0.2) is 12.3 Å². The van der Waals surface area contributed by atoms with Crippen LogP contribution in [0.25, 0.3) is 0 Å². The Morgan fingerprint density at radius 3 is 2.81 bits per heavy atom. The van der Waals surface area contributed by atoms with E-state index in [4.69, 9.17) is 5.26 Å². The van der Waals surface area contributed by atoms with Crippen molar-refractivity contribution in [2.24, 2.45) is 5.41 Å². The molecule has 0 aromatic carbocycles. The third-order valence-electron chi connectivity index (χ3n) is 3.16. The first-order valence-electron chi connectivity index (χ1n) is 5.34. The number of rotatable bonds is 1. The molecule has 1 aromatic rings. The van der Waals surface area contributed by atoms with Gasteiger partial charge in [-0.05, 0) is 25.8 Å². The predicted molar refractivity (Wildman–Crippen MR) is 57.4 cm³/mol. The molecule has 2 heterocycles. The summed E-state index contributed by atoms with van der Waals surface area (Å²) in [6.07, 6.45) is 3.04. The average Bonchev–Trinajstić information content (AvgIpc) is 2.83. The molecule has 16 heavy (non-hydrogen) atoms. The zero-order valence-electron chi connectivity index (χ0n) is 9.23. The monoisotopic (exact) mass is 218 g/mol. The molecule has 0 spiro atoms. The van der Waals surface area contributed by atoms with Gasteiger partial charge in [-0.15, -0.1) is 0 Å². The molecule has 0 saturated carbocycles. The summed E-state index contributed by atoms with van der Waals surface area (Å²) >= 11 is 0. The maximum atomic E-state index is 11.9. The quantitative estimate of drug-likeness (QED) is 0.769. The van der Waals surface area contributed by atoms with E-state index in [9.17, 15) is 4.79 Å². The van der Waals surface area contributed by atoms with Crippen molar-refractivity contribution in [2.45, 2.75) is 19.8 Å². The van der Waals surface area contributed by atoms with E-state index in [-0.39, 0.29) is 11.3 Å². The number of aromatic amines is 1. The van der Waals surface area contributed by atoms with E-state index in [1.54, 1.807) is 17.2 Å². The molecule has 0 aliphatic carbocycles. The highest BCUT2D eigenvalue weighted by atomic mass is 16.2. The van der Waals surface area contributed by atoms with Crippen LogP contribution < -0.4 is 0 Å². The number of piperidine rings is 1. The minimum absolute atomic E-state index is 0.0301. The summed E-state index contributed by atoms with van der Waals surface area (Å²) in [5.41, 5.74) is 0.241. The molecule has 1 aliphatic rings. The number of carbonyl (C=O) groups excluding carboxylic acids is 1. The van der Waals surface area contributed by atoms with Crippen LogP contribution in [0.4, 0.5) is 0 Å². The lowest BCUT2D eigenvalue weighted by molar-refractivity contribution is 0.0656. The Balaban J connectivity index is 2.00. The first-order chi connectivity index (χ1) is 7.64. The summed E-state index contributed by atoms with van der Waals surface area (Å²) in [4.78, 5) is 13.7. The number of aromatic nitrogens is 2. The zero-order chi connectivity index (χ0) is 11.6. The standard InChI is InChI=1S/C11H14N4O/c1-11(8-12)3-6-15(7-4-11)10(16)9-2-5-13-14-9/h2,5H,3-4,6-7H2,1H3,(H,13,14). The van der Waals surface area contributed by atoms with Crippen LogP contribution in [0.5, 0.6) is 0 Å². The average molecular weight is 218 g/mol. The lowest BCUT2D eigenvalue weighted by Crippen LogP contribution is -2.41. The van der Waals surface area contributed by atoms with Crippen molar-refractivity contribution in [3.8, 4) is 6.07 Å². The van der Waals surface area contributed by atoms with Gasteiger partial charge < -0.3 is 4.90 Å².